The van der Waals surface area contributed by atoms with E-state index in [0.717, 1.165) is 12.1 Å². The first-order valence-electron chi connectivity index (χ1n) is 7.49. The molecule has 1 aliphatic rings. The van der Waals surface area contributed by atoms with Gasteiger partial charge in [-0.05, 0) is 24.3 Å². The number of Topliss-reactive ketones (excluding diaryl/α,β-unsaturated/α-hetero) is 1. The van der Waals surface area contributed by atoms with Crippen molar-refractivity contribution >= 4 is 29.0 Å². The molecule has 3 rings (SSSR count). The Morgan fingerprint density at radius 3 is 2.54 bits per heavy atom. The number of nitrogens with zero attached hydrogens (tertiary/aromatic N) is 1. The molecule has 0 saturated heterocycles. The van der Waals surface area contributed by atoms with E-state index in [-0.39, 0.29) is 16.3 Å². The van der Waals surface area contributed by atoms with Gasteiger partial charge in [0.2, 0.25) is 0 Å². The van der Waals surface area contributed by atoms with E-state index in [1.165, 1.54) is 12.1 Å². The topological polar surface area (TPSA) is 105 Å². The zero-order valence-corrected chi connectivity index (χ0v) is 14.0. The van der Waals surface area contributed by atoms with Crippen molar-refractivity contribution in [3.8, 4) is 11.5 Å². The highest BCUT2D eigenvalue weighted by molar-refractivity contribution is 6.33. The van der Waals surface area contributed by atoms with Crippen LogP contribution >= 0.6 is 11.6 Å². The van der Waals surface area contributed by atoms with Crippen LogP contribution in [-0.4, -0.2) is 36.5 Å². The smallest absolute Gasteiger partial charge is 0.340 e. The van der Waals surface area contributed by atoms with Gasteiger partial charge in [0.15, 0.2) is 23.9 Å². The maximum Gasteiger partial charge on any atom is 0.340 e. The van der Waals surface area contributed by atoms with E-state index >= 15 is 0 Å². The van der Waals surface area contributed by atoms with Gasteiger partial charge in [-0.3, -0.25) is 14.9 Å². The van der Waals surface area contributed by atoms with E-state index in [9.17, 15) is 19.7 Å². The van der Waals surface area contributed by atoms with Gasteiger partial charge in [-0.2, -0.15) is 0 Å². The summed E-state index contributed by atoms with van der Waals surface area (Å²) in [6.45, 7) is 0.317. The van der Waals surface area contributed by atoms with Crippen LogP contribution in [0.2, 0.25) is 5.02 Å². The first-order valence-corrected chi connectivity index (χ1v) is 7.87. The molecule has 0 saturated carbocycles. The number of ether oxygens (including phenoxy) is 3. The molecule has 0 aliphatic carbocycles. The zero-order valence-electron chi connectivity index (χ0n) is 13.3. The van der Waals surface area contributed by atoms with Crippen molar-refractivity contribution in [2.75, 3.05) is 19.8 Å². The fourth-order valence-electron chi connectivity index (χ4n) is 2.29. The van der Waals surface area contributed by atoms with Crippen molar-refractivity contribution < 1.29 is 28.7 Å². The van der Waals surface area contributed by atoms with Gasteiger partial charge >= 0.3 is 5.97 Å². The molecular weight excluding hydrogens is 366 g/mol. The molecule has 0 atom stereocenters. The first-order chi connectivity index (χ1) is 12.5. The minimum Gasteiger partial charge on any atom is -0.486 e. The van der Waals surface area contributed by atoms with Gasteiger partial charge in [-0.1, -0.05) is 11.6 Å². The molecule has 1 heterocycles. The molecule has 0 aromatic heterocycles. The van der Waals surface area contributed by atoms with Crippen LogP contribution in [0.5, 0.6) is 11.5 Å². The Morgan fingerprint density at radius 1 is 1.12 bits per heavy atom. The molecule has 2 aromatic rings. The molecule has 0 fully saturated rings. The minimum atomic E-state index is -0.851. The largest absolute Gasteiger partial charge is 0.486 e. The van der Waals surface area contributed by atoms with E-state index in [0.29, 0.717) is 30.3 Å². The average Bonchev–Trinajstić information content (AvgIpc) is 2.65. The number of carbonyl (C=O) groups excluding carboxylic acids is 2. The van der Waals surface area contributed by atoms with Gasteiger partial charge in [-0.25, -0.2) is 4.79 Å². The van der Waals surface area contributed by atoms with Crippen LogP contribution in [0.4, 0.5) is 5.69 Å². The summed E-state index contributed by atoms with van der Waals surface area (Å²) in [6, 6.07) is 8.02. The number of nitro groups is 1. The summed E-state index contributed by atoms with van der Waals surface area (Å²) in [6.07, 6.45) is 0. The van der Waals surface area contributed by atoms with Crippen LogP contribution in [0.3, 0.4) is 0 Å². The maximum absolute atomic E-state index is 12.2. The van der Waals surface area contributed by atoms with E-state index in [1.54, 1.807) is 12.1 Å². The Morgan fingerprint density at radius 2 is 1.85 bits per heavy atom. The van der Waals surface area contributed by atoms with E-state index in [4.69, 9.17) is 25.8 Å². The minimum absolute atomic E-state index is 0.0627. The number of esters is 1. The number of nitro benzene ring substituents is 1. The van der Waals surface area contributed by atoms with Crippen LogP contribution in [0.15, 0.2) is 36.4 Å². The quantitative estimate of drug-likeness (QED) is 0.341. The fraction of sp³-hybridized carbons (Fsp3) is 0.176. The Labute approximate surface area is 152 Å². The number of rotatable bonds is 5. The van der Waals surface area contributed by atoms with Gasteiger partial charge in [0.25, 0.3) is 5.69 Å². The SMILES string of the molecule is O=C(COC(=O)c1ccc([N+](=O)[O-])cc1Cl)c1ccc2c(c1)OCCO2. The molecule has 134 valence electrons. The van der Waals surface area contributed by atoms with Gasteiger partial charge in [-0.15, -0.1) is 0 Å². The molecule has 2 aromatic carbocycles. The molecule has 9 heteroatoms. The van der Waals surface area contributed by atoms with E-state index < -0.39 is 23.3 Å². The Balaban J connectivity index is 1.66. The van der Waals surface area contributed by atoms with Crippen molar-refractivity contribution in [3.05, 3.63) is 62.7 Å². The van der Waals surface area contributed by atoms with Gasteiger partial charge in [0.05, 0.1) is 15.5 Å². The second-order valence-electron chi connectivity index (χ2n) is 5.28. The van der Waals surface area contributed by atoms with Gasteiger partial charge < -0.3 is 14.2 Å². The molecule has 0 spiro atoms. The maximum atomic E-state index is 12.2. The number of benzene rings is 2. The molecule has 26 heavy (non-hydrogen) atoms. The number of fused-ring (bicyclic) bond motifs is 1. The highest BCUT2D eigenvalue weighted by Gasteiger charge is 2.19. The fourth-order valence-corrected chi connectivity index (χ4v) is 2.54. The molecular formula is C17H12ClNO7. The van der Waals surface area contributed by atoms with Crippen molar-refractivity contribution in [1.29, 1.82) is 0 Å². The van der Waals surface area contributed by atoms with Crippen LogP contribution in [0, 0.1) is 10.1 Å². The molecule has 0 bridgehead atoms. The van der Waals surface area contributed by atoms with Crippen molar-refractivity contribution in [2.24, 2.45) is 0 Å². The lowest BCUT2D eigenvalue weighted by Gasteiger charge is -2.18. The van der Waals surface area contributed by atoms with Crippen LogP contribution in [0.1, 0.15) is 20.7 Å². The third-order valence-corrected chi connectivity index (χ3v) is 3.89. The summed E-state index contributed by atoms with van der Waals surface area (Å²) < 4.78 is 15.7. The summed E-state index contributed by atoms with van der Waals surface area (Å²) in [4.78, 5) is 34.3. The molecule has 8 nitrogen and oxygen atoms in total. The normalized spacial score (nSPS) is 12.3. The third-order valence-electron chi connectivity index (χ3n) is 3.58. The van der Waals surface area contributed by atoms with E-state index in [1.807, 2.05) is 0 Å². The number of halogens is 1. The number of ketones is 1. The van der Waals surface area contributed by atoms with Crippen molar-refractivity contribution in [3.63, 3.8) is 0 Å². The summed E-state index contributed by atoms with van der Waals surface area (Å²) >= 11 is 5.86. The lowest BCUT2D eigenvalue weighted by molar-refractivity contribution is -0.384. The van der Waals surface area contributed by atoms with Crippen LogP contribution < -0.4 is 9.47 Å². The van der Waals surface area contributed by atoms with Gasteiger partial charge in [0.1, 0.15) is 13.2 Å². The molecule has 0 radical (unpaired) electrons. The highest BCUT2D eigenvalue weighted by Crippen LogP contribution is 2.31. The standard InChI is InChI=1S/C17H12ClNO7/c18-13-8-11(19(22)23)2-3-12(13)17(21)26-9-14(20)10-1-4-15-16(7-10)25-6-5-24-15/h1-4,7-8H,5-6,9H2. The predicted molar refractivity (Wildman–Crippen MR) is 90.2 cm³/mol. The first kappa shape index (κ1) is 17.7. The molecule has 0 amide bonds. The predicted octanol–water partition coefficient (Wildman–Crippen LogP) is 3.06. The Hall–Kier alpha value is -3.13. The Kier molecular flexibility index (Phi) is 5.04. The van der Waals surface area contributed by atoms with Gasteiger partial charge in [0, 0.05) is 17.7 Å². The summed E-state index contributed by atoms with van der Waals surface area (Å²) in [7, 11) is 0. The zero-order chi connectivity index (χ0) is 18.7. The Bertz CT molecular complexity index is 897. The second kappa shape index (κ2) is 7.40. The monoisotopic (exact) mass is 377 g/mol. The van der Waals surface area contributed by atoms with Crippen LogP contribution in [0.25, 0.3) is 0 Å². The number of hydrogen-bond acceptors (Lipinski definition) is 7. The van der Waals surface area contributed by atoms with E-state index in [2.05, 4.69) is 0 Å². The highest BCUT2D eigenvalue weighted by atomic mass is 35.5. The molecule has 1 aliphatic heterocycles. The number of hydrogen-bond donors (Lipinski definition) is 0. The second-order valence-corrected chi connectivity index (χ2v) is 5.69. The summed E-state index contributed by atoms with van der Waals surface area (Å²) in [5.41, 5.74) is -0.0111. The lowest BCUT2D eigenvalue weighted by atomic mass is 10.1. The lowest BCUT2D eigenvalue weighted by Crippen LogP contribution is -2.17. The molecule has 0 N–H and O–H groups in total. The summed E-state index contributed by atoms with van der Waals surface area (Å²) in [5.74, 6) is -0.293. The van der Waals surface area contributed by atoms with Crippen molar-refractivity contribution in [1.82, 2.24) is 0 Å². The number of carbonyl (C=O) groups is 2. The third kappa shape index (κ3) is 3.75. The van der Waals surface area contributed by atoms with Crippen molar-refractivity contribution in [2.45, 2.75) is 0 Å². The summed E-state index contributed by atoms with van der Waals surface area (Å²) in [5, 5.41) is 10.5. The number of non-ortho nitro benzene ring substituents is 1. The average molecular weight is 378 g/mol. The molecule has 0 unspecified atom stereocenters. The van der Waals surface area contributed by atoms with Crippen LogP contribution in [-0.2, 0) is 4.74 Å².